The molecule has 6 N–H and O–H groups in total. The van der Waals surface area contributed by atoms with E-state index in [1.54, 1.807) is 6.08 Å². The van der Waals surface area contributed by atoms with Crippen molar-refractivity contribution in [1.29, 1.82) is 0 Å². The van der Waals surface area contributed by atoms with Crippen LogP contribution in [0.5, 0.6) is 0 Å². The second-order valence-electron chi connectivity index (χ2n) is 8.58. The molecule has 9 nitrogen and oxygen atoms in total. The zero-order chi connectivity index (χ0) is 26.9. The highest BCUT2D eigenvalue weighted by Gasteiger charge is 2.32. The first-order valence-electron chi connectivity index (χ1n) is 12.5. The molecule has 0 radical (unpaired) electrons. The number of thioether (sulfide) groups is 1. The number of hydrogen-bond acceptors (Lipinski definition) is 7. The van der Waals surface area contributed by atoms with Gasteiger partial charge in [0.1, 0.15) is 16.4 Å². The summed E-state index contributed by atoms with van der Waals surface area (Å²) in [4.78, 5) is 36.3. The van der Waals surface area contributed by atoms with Gasteiger partial charge in [-0.05, 0) is 50.7 Å². The Morgan fingerprint density at radius 2 is 1.78 bits per heavy atom. The summed E-state index contributed by atoms with van der Waals surface area (Å²) in [5.41, 5.74) is 9.06. The van der Waals surface area contributed by atoms with Crippen molar-refractivity contribution in [3.05, 3.63) is 69.1 Å². The summed E-state index contributed by atoms with van der Waals surface area (Å²) in [6.07, 6.45) is 1.75. The third kappa shape index (κ3) is 6.91. The van der Waals surface area contributed by atoms with E-state index in [9.17, 15) is 14.7 Å². The molecule has 1 aromatic heterocycles. The van der Waals surface area contributed by atoms with E-state index in [-0.39, 0.29) is 30.3 Å². The van der Waals surface area contributed by atoms with Gasteiger partial charge in [0, 0.05) is 37.6 Å². The molecule has 0 bridgehead atoms. The van der Waals surface area contributed by atoms with Gasteiger partial charge in [-0.1, -0.05) is 43.8 Å². The van der Waals surface area contributed by atoms with E-state index in [0.717, 1.165) is 30.9 Å². The Labute approximate surface area is 222 Å². The monoisotopic (exact) mass is 524 g/mol. The lowest BCUT2D eigenvalue weighted by atomic mass is 10.1. The predicted octanol–water partition coefficient (Wildman–Crippen LogP) is 3.41. The molecule has 0 fully saturated rings. The molecule has 1 aliphatic heterocycles. The largest absolute Gasteiger partial charge is 0.506 e. The zero-order valence-electron chi connectivity index (χ0n) is 21.9. The summed E-state index contributed by atoms with van der Waals surface area (Å²) in [6.45, 7) is 11.7. The maximum absolute atomic E-state index is 12.9. The summed E-state index contributed by atoms with van der Waals surface area (Å²) in [7, 11) is 0. The van der Waals surface area contributed by atoms with Gasteiger partial charge in [-0.15, -0.1) is 0 Å². The van der Waals surface area contributed by atoms with E-state index in [0.29, 0.717) is 33.4 Å². The molecule has 37 heavy (non-hydrogen) atoms. The smallest absolute Gasteiger partial charge is 0.257 e. The molecule has 0 atom stereocenters. The highest BCUT2D eigenvalue weighted by Crippen LogP contribution is 2.40. The molecular weight excluding hydrogens is 488 g/mol. The average molecular weight is 525 g/mol. The number of nitrogens with one attached hydrogen (secondary N) is 3. The van der Waals surface area contributed by atoms with Crippen molar-refractivity contribution in [2.24, 2.45) is 10.7 Å². The number of likely N-dealkylation sites (N-methyl/N-ethyl adjacent to an activating group) is 1. The molecule has 3 rings (SSSR count). The number of H-pyrrole nitrogens is 1. The van der Waals surface area contributed by atoms with Crippen LogP contribution in [-0.2, 0) is 4.79 Å². The number of benzene rings is 1. The molecule has 10 heteroatoms. The SMILES string of the molecule is CCN(CC)CCNC(=O)c1c(C)[nH]c(/C=C2/SC(=Nc3ccccc3)C(C(=O)NCCN)=C2O)c1C. The Morgan fingerprint density at radius 3 is 2.43 bits per heavy atom. The second-order valence-corrected chi connectivity index (χ2v) is 9.61. The number of nitrogens with two attached hydrogens (primary N) is 1. The van der Waals surface area contributed by atoms with E-state index < -0.39 is 5.91 Å². The number of carbonyl (C=O) groups excluding carboxylic acids is 2. The molecule has 1 aliphatic rings. The number of para-hydroxylation sites is 1. The van der Waals surface area contributed by atoms with Gasteiger partial charge in [0.05, 0.1) is 16.2 Å². The van der Waals surface area contributed by atoms with Gasteiger partial charge < -0.3 is 31.4 Å². The van der Waals surface area contributed by atoms with E-state index >= 15 is 0 Å². The van der Waals surface area contributed by atoms with Gasteiger partial charge >= 0.3 is 0 Å². The average Bonchev–Trinajstić information content (AvgIpc) is 3.34. The number of aromatic nitrogens is 1. The van der Waals surface area contributed by atoms with Crippen LogP contribution in [-0.4, -0.2) is 71.1 Å². The zero-order valence-corrected chi connectivity index (χ0v) is 22.7. The summed E-state index contributed by atoms with van der Waals surface area (Å²) in [5, 5.41) is 17.1. The number of nitrogens with zero attached hydrogens (tertiary/aromatic N) is 2. The van der Waals surface area contributed by atoms with Crippen LogP contribution < -0.4 is 16.4 Å². The first-order valence-corrected chi connectivity index (χ1v) is 13.3. The molecule has 0 spiro atoms. The number of aliphatic imine (C=N–C) groups is 1. The molecule has 198 valence electrons. The summed E-state index contributed by atoms with van der Waals surface area (Å²) < 4.78 is 0. The topological polar surface area (TPSA) is 136 Å². The van der Waals surface area contributed by atoms with Crippen molar-refractivity contribution in [2.45, 2.75) is 27.7 Å². The van der Waals surface area contributed by atoms with E-state index in [4.69, 9.17) is 5.73 Å². The molecular formula is C27H36N6O3S. The lowest BCUT2D eigenvalue weighted by Crippen LogP contribution is -2.35. The third-order valence-electron chi connectivity index (χ3n) is 6.12. The summed E-state index contributed by atoms with van der Waals surface area (Å²) in [5.74, 6) is -0.748. The molecule has 2 amide bonds. The number of aliphatic hydroxyl groups excluding tert-OH is 1. The maximum atomic E-state index is 12.9. The maximum Gasteiger partial charge on any atom is 0.257 e. The van der Waals surface area contributed by atoms with E-state index in [1.807, 2.05) is 44.2 Å². The molecule has 0 aliphatic carbocycles. The number of amides is 2. The van der Waals surface area contributed by atoms with Crippen LogP contribution >= 0.6 is 11.8 Å². The van der Waals surface area contributed by atoms with Crippen LogP contribution in [0.25, 0.3) is 6.08 Å². The molecule has 0 saturated heterocycles. The van der Waals surface area contributed by atoms with Gasteiger partial charge in [-0.2, -0.15) is 0 Å². The van der Waals surface area contributed by atoms with Gasteiger partial charge in [0.25, 0.3) is 11.8 Å². The van der Waals surface area contributed by atoms with Crippen LogP contribution in [0.4, 0.5) is 5.69 Å². The number of aryl methyl sites for hydroxylation is 1. The fourth-order valence-electron chi connectivity index (χ4n) is 4.05. The Bertz CT molecular complexity index is 1210. The number of hydrogen-bond donors (Lipinski definition) is 5. The lowest BCUT2D eigenvalue weighted by Gasteiger charge is -2.18. The minimum absolute atomic E-state index is 0.101. The standard InChI is InChI=1S/C27H36N6O3S/c1-5-33(6-2)15-14-30-25(35)22-17(3)20(31-18(22)4)16-21-24(34)23(26(36)29-13-12-28)27(37-21)32-19-10-8-7-9-11-19/h7-11,16,31,34H,5-6,12-15,28H2,1-4H3,(H,29,36)(H,30,35)/b21-16+,32-27?. The number of rotatable bonds is 11. The second kappa shape index (κ2) is 13.3. The van der Waals surface area contributed by atoms with Crippen molar-refractivity contribution >= 4 is 40.4 Å². The van der Waals surface area contributed by atoms with Crippen LogP contribution in [0.2, 0.25) is 0 Å². The highest BCUT2D eigenvalue weighted by molar-refractivity contribution is 8.18. The normalized spacial score (nSPS) is 15.7. The van der Waals surface area contributed by atoms with E-state index in [1.165, 1.54) is 11.8 Å². The highest BCUT2D eigenvalue weighted by atomic mass is 32.2. The van der Waals surface area contributed by atoms with Crippen LogP contribution in [0.1, 0.15) is 41.2 Å². The van der Waals surface area contributed by atoms with Crippen molar-refractivity contribution in [2.75, 3.05) is 39.3 Å². The van der Waals surface area contributed by atoms with Crippen LogP contribution in [0.3, 0.4) is 0 Å². The Morgan fingerprint density at radius 1 is 1.11 bits per heavy atom. The molecule has 0 unspecified atom stereocenters. The quantitative estimate of drug-likeness (QED) is 0.306. The summed E-state index contributed by atoms with van der Waals surface area (Å²) >= 11 is 1.20. The number of aliphatic hydroxyl groups is 1. The van der Waals surface area contributed by atoms with Gasteiger partial charge in [-0.25, -0.2) is 4.99 Å². The van der Waals surface area contributed by atoms with Crippen molar-refractivity contribution in [3.8, 4) is 0 Å². The van der Waals surface area contributed by atoms with Crippen LogP contribution in [0, 0.1) is 13.8 Å². The Kier molecular flexibility index (Phi) is 10.1. The minimum atomic E-state index is -0.443. The van der Waals surface area contributed by atoms with Crippen molar-refractivity contribution in [1.82, 2.24) is 20.5 Å². The molecule has 2 heterocycles. The van der Waals surface area contributed by atoms with Crippen molar-refractivity contribution < 1.29 is 14.7 Å². The minimum Gasteiger partial charge on any atom is -0.506 e. The Balaban J connectivity index is 1.90. The van der Waals surface area contributed by atoms with Crippen LogP contribution in [0.15, 0.2) is 51.6 Å². The van der Waals surface area contributed by atoms with E-state index in [2.05, 4.69) is 39.4 Å². The number of aromatic amines is 1. The first-order chi connectivity index (χ1) is 17.8. The molecule has 2 aromatic rings. The van der Waals surface area contributed by atoms with Gasteiger partial charge in [-0.3, -0.25) is 9.59 Å². The fourth-order valence-corrected chi connectivity index (χ4v) is 5.08. The van der Waals surface area contributed by atoms with Gasteiger partial charge in [0.2, 0.25) is 0 Å². The van der Waals surface area contributed by atoms with Crippen molar-refractivity contribution in [3.63, 3.8) is 0 Å². The molecule has 1 aromatic carbocycles. The Hall–Kier alpha value is -3.34. The number of carbonyl (C=O) groups is 2. The fraction of sp³-hybridized carbons (Fsp3) is 0.370. The summed E-state index contributed by atoms with van der Waals surface area (Å²) in [6, 6.07) is 9.24. The van der Waals surface area contributed by atoms with Gasteiger partial charge in [0.15, 0.2) is 0 Å². The molecule has 0 saturated carbocycles. The first kappa shape index (κ1) is 28.2. The predicted molar refractivity (Wildman–Crippen MR) is 151 cm³/mol. The third-order valence-corrected chi connectivity index (χ3v) is 7.14. The lowest BCUT2D eigenvalue weighted by molar-refractivity contribution is -0.117.